The quantitative estimate of drug-likeness (QED) is 0.732. The van der Waals surface area contributed by atoms with E-state index in [2.05, 4.69) is 15.4 Å². The number of anilines is 2. The Kier molecular flexibility index (Phi) is 6.80. The Balaban J connectivity index is 2.26. The molecule has 2 aromatic rings. The average molecular weight is 388 g/mol. The summed E-state index contributed by atoms with van der Waals surface area (Å²) in [5.41, 5.74) is 0.765. The second kappa shape index (κ2) is 9.26. The lowest BCUT2D eigenvalue weighted by Gasteiger charge is -2.13. The Morgan fingerprint density at radius 3 is 2.04 bits per heavy atom. The van der Waals surface area contributed by atoms with Crippen molar-refractivity contribution in [2.24, 2.45) is 0 Å². The van der Waals surface area contributed by atoms with Gasteiger partial charge in [-0.1, -0.05) is 0 Å². The first kappa shape index (κ1) is 20.6. The molecule has 2 aromatic carbocycles. The standard InChI is InChI=1S/C19H20N2O7/c1-25-15-8-6-12(10-16(15)26-2)20-19(24)21-14-9-11(17(22)27-3)5-7-13(14)18(23)28-4/h5-10H,1-4H3,(H2,20,21,24). The van der Waals surface area contributed by atoms with E-state index in [0.717, 1.165) is 0 Å². The molecular weight excluding hydrogens is 368 g/mol. The van der Waals surface area contributed by atoms with Crippen LogP contribution in [-0.4, -0.2) is 46.4 Å². The third kappa shape index (κ3) is 4.70. The maximum atomic E-state index is 12.4. The summed E-state index contributed by atoms with van der Waals surface area (Å²) >= 11 is 0. The summed E-state index contributed by atoms with van der Waals surface area (Å²) < 4.78 is 19.7. The van der Waals surface area contributed by atoms with E-state index in [0.29, 0.717) is 17.2 Å². The average Bonchev–Trinajstić information content (AvgIpc) is 2.72. The molecule has 2 amide bonds. The maximum Gasteiger partial charge on any atom is 0.339 e. The molecule has 148 valence electrons. The number of hydrogen-bond donors (Lipinski definition) is 2. The van der Waals surface area contributed by atoms with Gasteiger partial charge in [0.2, 0.25) is 0 Å². The first-order valence-corrected chi connectivity index (χ1v) is 8.04. The molecule has 2 N–H and O–H groups in total. The van der Waals surface area contributed by atoms with Crippen molar-refractivity contribution in [1.82, 2.24) is 0 Å². The number of hydrogen-bond acceptors (Lipinski definition) is 7. The molecule has 0 saturated carbocycles. The van der Waals surface area contributed by atoms with Gasteiger partial charge in [0, 0.05) is 11.8 Å². The van der Waals surface area contributed by atoms with Crippen molar-refractivity contribution < 1.29 is 33.3 Å². The molecule has 28 heavy (non-hydrogen) atoms. The van der Waals surface area contributed by atoms with Gasteiger partial charge in [-0.2, -0.15) is 0 Å². The molecule has 9 nitrogen and oxygen atoms in total. The van der Waals surface area contributed by atoms with Crippen molar-refractivity contribution in [3.63, 3.8) is 0 Å². The summed E-state index contributed by atoms with van der Waals surface area (Å²) in [6.07, 6.45) is 0. The SMILES string of the molecule is COC(=O)c1ccc(C(=O)OC)c(NC(=O)Nc2ccc(OC)c(OC)c2)c1. The zero-order chi connectivity index (χ0) is 20.7. The molecule has 0 aliphatic rings. The molecular formula is C19H20N2O7. The number of carbonyl (C=O) groups is 3. The van der Waals surface area contributed by atoms with Crippen molar-refractivity contribution in [2.45, 2.75) is 0 Å². The second-order valence-electron chi connectivity index (χ2n) is 5.39. The highest BCUT2D eigenvalue weighted by molar-refractivity contribution is 6.06. The van der Waals surface area contributed by atoms with E-state index in [1.807, 2.05) is 0 Å². The van der Waals surface area contributed by atoms with Crippen LogP contribution < -0.4 is 20.1 Å². The summed E-state index contributed by atoms with van der Waals surface area (Å²) in [6, 6.07) is 8.27. The number of rotatable bonds is 6. The number of urea groups is 1. The molecule has 0 unspecified atom stereocenters. The van der Waals surface area contributed by atoms with Crippen LogP contribution in [-0.2, 0) is 9.47 Å². The Morgan fingerprint density at radius 1 is 0.750 bits per heavy atom. The number of carbonyl (C=O) groups excluding carboxylic acids is 3. The number of nitrogens with one attached hydrogen (secondary N) is 2. The first-order valence-electron chi connectivity index (χ1n) is 8.04. The summed E-state index contributed by atoms with van der Waals surface area (Å²) in [5, 5.41) is 5.14. The highest BCUT2D eigenvalue weighted by Gasteiger charge is 2.17. The van der Waals surface area contributed by atoms with Gasteiger partial charge in [-0.25, -0.2) is 14.4 Å². The predicted octanol–water partition coefficient (Wildman–Crippen LogP) is 2.92. The van der Waals surface area contributed by atoms with Crippen molar-refractivity contribution in [1.29, 1.82) is 0 Å². The molecule has 0 heterocycles. The normalized spacial score (nSPS) is 9.86. The van der Waals surface area contributed by atoms with E-state index in [9.17, 15) is 14.4 Å². The van der Waals surface area contributed by atoms with Gasteiger partial charge < -0.3 is 29.6 Å². The van der Waals surface area contributed by atoms with Crippen LogP contribution in [0.1, 0.15) is 20.7 Å². The van der Waals surface area contributed by atoms with Crippen LogP contribution in [0.25, 0.3) is 0 Å². The molecule has 0 aromatic heterocycles. The van der Waals surface area contributed by atoms with Gasteiger partial charge in [-0.15, -0.1) is 0 Å². The lowest BCUT2D eigenvalue weighted by atomic mass is 10.1. The number of benzene rings is 2. The van der Waals surface area contributed by atoms with Gasteiger partial charge in [0.15, 0.2) is 11.5 Å². The van der Waals surface area contributed by atoms with Crippen molar-refractivity contribution in [2.75, 3.05) is 39.1 Å². The Bertz CT molecular complexity index is 896. The molecule has 2 rings (SSSR count). The summed E-state index contributed by atoms with van der Waals surface area (Å²) in [5.74, 6) is -0.340. The molecule has 0 saturated heterocycles. The van der Waals surface area contributed by atoms with Crippen LogP contribution in [0.4, 0.5) is 16.2 Å². The Hall–Kier alpha value is -3.75. The van der Waals surface area contributed by atoms with Crippen molar-refractivity contribution >= 4 is 29.3 Å². The monoisotopic (exact) mass is 388 g/mol. The predicted molar refractivity (Wildman–Crippen MR) is 101 cm³/mol. The van der Waals surface area contributed by atoms with Gasteiger partial charge in [-0.3, -0.25) is 0 Å². The first-order chi connectivity index (χ1) is 13.4. The minimum Gasteiger partial charge on any atom is -0.493 e. The van der Waals surface area contributed by atoms with Crippen LogP contribution in [0.5, 0.6) is 11.5 Å². The van der Waals surface area contributed by atoms with E-state index >= 15 is 0 Å². The highest BCUT2D eigenvalue weighted by atomic mass is 16.5. The zero-order valence-corrected chi connectivity index (χ0v) is 15.8. The van der Waals surface area contributed by atoms with Gasteiger partial charge in [0.1, 0.15) is 0 Å². The Morgan fingerprint density at radius 2 is 1.43 bits per heavy atom. The van der Waals surface area contributed by atoms with E-state index < -0.39 is 18.0 Å². The van der Waals surface area contributed by atoms with Crippen LogP contribution >= 0.6 is 0 Å². The summed E-state index contributed by atoms with van der Waals surface area (Å²) in [6.45, 7) is 0. The second-order valence-corrected chi connectivity index (χ2v) is 5.39. The third-order valence-electron chi connectivity index (χ3n) is 3.74. The van der Waals surface area contributed by atoms with E-state index in [1.54, 1.807) is 18.2 Å². The maximum absolute atomic E-state index is 12.4. The van der Waals surface area contributed by atoms with Crippen molar-refractivity contribution in [3.05, 3.63) is 47.5 Å². The number of esters is 2. The fourth-order valence-electron chi connectivity index (χ4n) is 2.38. The number of ether oxygens (including phenoxy) is 4. The molecule has 0 radical (unpaired) electrons. The topological polar surface area (TPSA) is 112 Å². The van der Waals surface area contributed by atoms with E-state index in [1.165, 1.54) is 46.6 Å². The minimum atomic E-state index is -0.669. The lowest BCUT2D eigenvalue weighted by molar-refractivity contribution is 0.0587. The number of amides is 2. The molecule has 9 heteroatoms. The summed E-state index contributed by atoms with van der Waals surface area (Å²) in [4.78, 5) is 36.1. The van der Waals surface area contributed by atoms with Crippen LogP contribution in [0.3, 0.4) is 0 Å². The zero-order valence-electron chi connectivity index (χ0n) is 15.8. The van der Waals surface area contributed by atoms with Gasteiger partial charge >= 0.3 is 18.0 Å². The highest BCUT2D eigenvalue weighted by Crippen LogP contribution is 2.30. The lowest BCUT2D eigenvalue weighted by Crippen LogP contribution is -2.21. The fraction of sp³-hybridized carbons (Fsp3) is 0.211. The van der Waals surface area contributed by atoms with Gasteiger partial charge in [-0.05, 0) is 30.3 Å². The largest absolute Gasteiger partial charge is 0.493 e. The molecule has 0 fully saturated rings. The van der Waals surface area contributed by atoms with Crippen LogP contribution in [0.2, 0.25) is 0 Å². The van der Waals surface area contributed by atoms with Crippen LogP contribution in [0, 0.1) is 0 Å². The van der Waals surface area contributed by atoms with E-state index in [4.69, 9.17) is 14.2 Å². The fourth-order valence-corrected chi connectivity index (χ4v) is 2.38. The molecule has 0 bridgehead atoms. The molecule has 0 aliphatic carbocycles. The number of methoxy groups -OCH3 is 4. The molecule has 0 spiro atoms. The van der Waals surface area contributed by atoms with E-state index in [-0.39, 0.29) is 16.8 Å². The summed E-state index contributed by atoms with van der Waals surface area (Å²) in [7, 11) is 5.42. The van der Waals surface area contributed by atoms with Crippen LogP contribution in [0.15, 0.2) is 36.4 Å². The third-order valence-corrected chi connectivity index (χ3v) is 3.74. The Labute approximate surface area is 161 Å². The van der Waals surface area contributed by atoms with Crippen molar-refractivity contribution in [3.8, 4) is 11.5 Å². The van der Waals surface area contributed by atoms with Gasteiger partial charge in [0.05, 0.1) is 45.3 Å². The molecule has 0 aliphatic heterocycles. The minimum absolute atomic E-state index is 0.0811. The molecule has 0 atom stereocenters. The van der Waals surface area contributed by atoms with Gasteiger partial charge in [0.25, 0.3) is 0 Å². The smallest absolute Gasteiger partial charge is 0.339 e.